The normalized spacial score (nSPS) is 16.6. The van der Waals surface area contributed by atoms with Crippen LogP contribution in [-0.4, -0.2) is 24.3 Å². The van der Waals surface area contributed by atoms with Gasteiger partial charge < -0.3 is 20.1 Å². The Bertz CT molecular complexity index is 862. The van der Waals surface area contributed by atoms with Crippen molar-refractivity contribution < 1.29 is 19.5 Å². The summed E-state index contributed by atoms with van der Waals surface area (Å²) in [6.45, 7) is 2.33. The van der Waals surface area contributed by atoms with Gasteiger partial charge in [-0.2, -0.15) is 0 Å². The van der Waals surface area contributed by atoms with Gasteiger partial charge in [0, 0.05) is 24.3 Å². The summed E-state index contributed by atoms with van der Waals surface area (Å²) in [5.41, 5.74) is 2.26. The van der Waals surface area contributed by atoms with Gasteiger partial charge in [-0.1, -0.05) is 37.3 Å². The van der Waals surface area contributed by atoms with Crippen molar-refractivity contribution in [2.24, 2.45) is 5.92 Å². The van der Waals surface area contributed by atoms with Gasteiger partial charge in [0.05, 0.1) is 11.9 Å². The van der Waals surface area contributed by atoms with Crippen LogP contribution in [0.25, 0.3) is 0 Å². The molecule has 2 amide bonds. The second kappa shape index (κ2) is 7.39. The van der Waals surface area contributed by atoms with E-state index < -0.39 is 11.9 Å². The molecular weight excluding hydrogens is 332 g/mol. The summed E-state index contributed by atoms with van der Waals surface area (Å²) in [6, 6.07) is 13.5. The number of hydrogen-bond donors (Lipinski definition) is 1. The highest BCUT2D eigenvalue weighted by Gasteiger charge is 2.35. The Morgan fingerprint density at radius 2 is 1.96 bits per heavy atom. The second-order valence-corrected chi connectivity index (χ2v) is 6.25. The zero-order valence-electron chi connectivity index (χ0n) is 14.4. The van der Waals surface area contributed by atoms with Crippen LogP contribution in [0.15, 0.2) is 48.5 Å². The van der Waals surface area contributed by atoms with Gasteiger partial charge in [-0.3, -0.25) is 9.59 Å². The lowest BCUT2D eigenvalue weighted by Crippen LogP contribution is -2.29. The first-order valence-corrected chi connectivity index (χ1v) is 8.50. The maximum atomic E-state index is 12.5. The SMILES string of the molecule is CCc1ccccc1N1C[C@@H](C(=O)Nc2cccc(C(=O)[O-])c2)CC1=O. The fraction of sp³-hybridized carbons (Fsp3) is 0.250. The number of aryl methyl sites for hydroxylation is 1. The minimum Gasteiger partial charge on any atom is -0.545 e. The molecule has 1 heterocycles. The van der Waals surface area contributed by atoms with E-state index in [2.05, 4.69) is 5.32 Å². The molecule has 2 aromatic carbocycles. The molecule has 0 saturated carbocycles. The number of carboxylic acids is 1. The number of rotatable bonds is 5. The number of carboxylic acid groups (broad SMARTS) is 1. The van der Waals surface area contributed by atoms with Crippen molar-refractivity contribution in [3.63, 3.8) is 0 Å². The van der Waals surface area contributed by atoms with E-state index in [1.807, 2.05) is 31.2 Å². The van der Waals surface area contributed by atoms with Crippen LogP contribution in [0.2, 0.25) is 0 Å². The van der Waals surface area contributed by atoms with Crippen LogP contribution < -0.4 is 15.3 Å². The molecule has 1 saturated heterocycles. The quantitative estimate of drug-likeness (QED) is 0.886. The molecule has 0 aliphatic carbocycles. The Labute approximate surface area is 151 Å². The Balaban J connectivity index is 1.73. The molecule has 3 rings (SSSR count). The summed E-state index contributed by atoms with van der Waals surface area (Å²) in [5, 5.41) is 13.6. The number of carbonyl (C=O) groups excluding carboxylic acids is 3. The van der Waals surface area contributed by atoms with Crippen molar-refractivity contribution in [2.45, 2.75) is 19.8 Å². The minimum absolute atomic E-state index is 0.0104. The fourth-order valence-electron chi connectivity index (χ4n) is 3.16. The maximum absolute atomic E-state index is 12.5. The van der Waals surface area contributed by atoms with Crippen molar-refractivity contribution in [3.8, 4) is 0 Å². The molecule has 6 nitrogen and oxygen atoms in total. The molecule has 1 aliphatic rings. The van der Waals surface area contributed by atoms with E-state index in [-0.39, 0.29) is 23.8 Å². The second-order valence-electron chi connectivity index (χ2n) is 6.25. The summed E-state index contributed by atoms with van der Waals surface area (Å²) >= 11 is 0. The number of amides is 2. The summed E-state index contributed by atoms with van der Waals surface area (Å²) in [7, 11) is 0. The predicted molar refractivity (Wildman–Crippen MR) is 95.7 cm³/mol. The number of carbonyl (C=O) groups is 3. The molecule has 1 aliphatic heterocycles. The van der Waals surface area contributed by atoms with Gasteiger partial charge in [-0.25, -0.2) is 0 Å². The largest absolute Gasteiger partial charge is 0.545 e. The highest BCUT2D eigenvalue weighted by Crippen LogP contribution is 2.29. The van der Waals surface area contributed by atoms with E-state index >= 15 is 0 Å². The van der Waals surface area contributed by atoms with E-state index in [9.17, 15) is 19.5 Å². The van der Waals surface area contributed by atoms with Gasteiger partial charge in [-0.05, 0) is 35.7 Å². The third-order valence-corrected chi connectivity index (χ3v) is 4.52. The van der Waals surface area contributed by atoms with E-state index in [1.54, 1.807) is 11.0 Å². The van der Waals surface area contributed by atoms with Crippen molar-refractivity contribution in [1.82, 2.24) is 0 Å². The number of para-hydroxylation sites is 1. The molecule has 0 unspecified atom stereocenters. The van der Waals surface area contributed by atoms with Crippen molar-refractivity contribution in [3.05, 3.63) is 59.7 Å². The number of hydrogen-bond acceptors (Lipinski definition) is 4. The average molecular weight is 351 g/mol. The van der Waals surface area contributed by atoms with Gasteiger partial charge in [-0.15, -0.1) is 0 Å². The molecule has 6 heteroatoms. The number of benzene rings is 2. The molecular formula is C20H19N2O4-. The molecule has 0 spiro atoms. The van der Waals surface area contributed by atoms with Crippen molar-refractivity contribution >= 4 is 29.2 Å². The highest BCUT2D eigenvalue weighted by molar-refractivity contribution is 6.04. The van der Waals surface area contributed by atoms with Crippen LogP contribution in [0.3, 0.4) is 0 Å². The van der Waals surface area contributed by atoms with Crippen LogP contribution >= 0.6 is 0 Å². The summed E-state index contributed by atoms with van der Waals surface area (Å²) < 4.78 is 0. The van der Waals surface area contributed by atoms with Crippen molar-refractivity contribution in [1.29, 1.82) is 0 Å². The summed E-state index contributed by atoms with van der Waals surface area (Å²) in [4.78, 5) is 37.5. The third kappa shape index (κ3) is 3.59. The molecule has 0 radical (unpaired) electrons. The maximum Gasteiger partial charge on any atom is 0.229 e. The van der Waals surface area contributed by atoms with E-state index in [1.165, 1.54) is 18.2 Å². The molecule has 0 aromatic heterocycles. The van der Waals surface area contributed by atoms with Crippen LogP contribution in [0, 0.1) is 5.92 Å². The smallest absolute Gasteiger partial charge is 0.229 e. The van der Waals surface area contributed by atoms with Gasteiger partial charge in [0.1, 0.15) is 0 Å². The number of nitrogens with one attached hydrogen (secondary N) is 1. The molecule has 1 N–H and O–H groups in total. The van der Waals surface area contributed by atoms with E-state index in [4.69, 9.17) is 0 Å². The van der Waals surface area contributed by atoms with Gasteiger partial charge in [0.25, 0.3) is 0 Å². The lowest BCUT2D eigenvalue weighted by Gasteiger charge is -2.20. The lowest BCUT2D eigenvalue weighted by molar-refractivity contribution is -0.255. The average Bonchev–Trinajstić information content (AvgIpc) is 3.03. The molecule has 2 aromatic rings. The van der Waals surface area contributed by atoms with Gasteiger partial charge >= 0.3 is 0 Å². The Morgan fingerprint density at radius 3 is 2.69 bits per heavy atom. The zero-order chi connectivity index (χ0) is 18.7. The molecule has 26 heavy (non-hydrogen) atoms. The zero-order valence-corrected chi connectivity index (χ0v) is 14.4. The predicted octanol–water partition coefficient (Wildman–Crippen LogP) is 1.60. The fourth-order valence-corrected chi connectivity index (χ4v) is 3.16. The van der Waals surface area contributed by atoms with E-state index in [0.29, 0.717) is 12.2 Å². The van der Waals surface area contributed by atoms with Crippen LogP contribution in [0.1, 0.15) is 29.3 Å². The van der Waals surface area contributed by atoms with Gasteiger partial charge in [0.15, 0.2) is 0 Å². The number of aromatic carboxylic acids is 1. The number of anilines is 2. The van der Waals surface area contributed by atoms with Gasteiger partial charge in [0.2, 0.25) is 11.8 Å². The number of nitrogens with zero attached hydrogens (tertiary/aromatic N) is 1. The Kier molecular flexibility index (Phi) is 5.02. The topological polar surface area (TPSA) is 89.5 Å². The third-order valence-electron chi connectivity index (χ3n) is 4.52. The lowest BCUT2D eigenvalue weighted by atomic mass is 10.1. The first-order chi connectivity index (χ1) is 12.5. The van der Waals surface area contributed by atoms with Crippen LogP contribution in [0.5, 0.6) is 0 Å². The molecule has 0 bridgehead atoms. The molecule has 1 fully saturated rings. The first kappa shape index (κ1) is 17.7. The summed E-state index contributed by atoms with van der Waals surface area (Å²) in [6.07, 6.45) is 0.927. The monoisotopic (exact) mass is 351 g/mol. The molecule has 1 atom stereocenters. The highest BCUT2D eigenvalue weighted by atomic mass is 16.4. The van der Waals surface area contributed by atoms with Crippen molar-refractivity contribution in [2.75, 3.05) is 16.8 Å². The minimum atomic E-state index is -1.31. The van der Waals surface area contributed by atoms with Crippen LogP contribution in [-0.2, 0) is 16.0 Å². The van der Waals surface area contributed by atoms with E-state index in [0.717, 1.165) is 17.7 Å². The molecule has 134 valence electrons. The Morgan fingerprint density at radius 1 is 1.19 bits per heavy atom. The summed E-state index contributed by atoms with van der Waals surface area (Å²) in [5.74, 6) is -2.18. The van der Waals surface area contributed by atoms with Crippen LogP contribution in [0.4, 0.5) is 11.4 Å². The standard InChI is InChI=1S/C20H20N2O4/c1-2-13-6-3-4-9-17(13)22-12-15(11-18(22)23)19(24)21-16-8-5-7-14(10-16)20(25)26/h3-10,15H,2,11-12H2,1H3,(H,21,24)(H,25,26)/p-1/t15-/m0/s1. The first-order valence-electron chi connectivity index (χ1n) is 8.50. The Hall–Kier alpha value is -3.15.